The zero-order valence-electron chi connectivity index (χ0n) is 17.0. The Balaban J connectivity index is 1.39. The molecule has 2 aromatic carbocycles. The Bertz CT molecular complexity index is 1180. The number of aromatic nitrogens is 2. The molecule has 1 saturated heterocycles. The average Bonchev–Trinajstić information content (AvgIpc) is 3.20. The number of carbonyl (C=O) groups is 1. The highest BCUT2D eigenvalue weighted by molar-refractivity contribution is 7.89. The standard InChI is InChI=1S/C22H23ClN4O3S/c1-16-9-12-24-27(16)20-4-2-3-19(15-20)25-22(28)17-10-13-26(14-11-17)31(29,30)21-7-5-18(23)6-8-21/h2-9,12,15,17H,10-11,13-14H2,1H3,(H,25,28). The topological polar surface area (TPSA) is 84.3 Å². The molecule has 0 aliphatic carbocycles. The third-order valence-electron chi connectivity index (χ3n) is 5.47. The van der Waals surface area contributed by atoms with Crippen LogP contribution in [0.25, 0.3) is 5.69 Å². The van der Waals surface area contributed by atoms with Crippen molar-refractivity contribution in [1.82, 2.24) is 14.1 Å². The summed E-state index contributed by atoms with van der Waals surface area (Å²) >= 11 is 5.86. The van der Waals surface area contributed by atoms with Gasteiger partial charge in [0.1, 0.15) is 0 Å². The molecule has 0 bridgehead atoms. The van der Waals surface area contributed by atoms with E-state index in [-0.39, 0.29) is 16.7 Å². The second-order valence-electron chi connectivity index (χ2n) is 7.56. The number of carbonyl (C=O) groups excluding carboxylic acids is 1. The third kappa shape index (κ3) is 4.66. The van der Waals surface area contributed by atoms with E-state index in [4.69, 9.17) is 11.6 Å². The normalized spacial score (nSPS) is 15.7. The SMILES string of the molecule is Cc1ccnn1-c1cccc(NC(=O)C2CCN(S(=O)(=O)c3ccc(Cl)cc3)CC2)c1. The van der Waals surface area contributed by atoms with Crippen molar-refractivity contribution in [3.05, 3.63) is 71.5 Å². The Morgan fingerprint density at radius 3 is 2.45 bits per heavy atom. The lowest BCUT2D eigenvalue weighted by Crippen LogP contribution is -2.41. The molecule has 7 nitrogen and oxygen atoms in total. The Kier molecular flexibility index (Phi) is 6.13. The average molecular weight is 459 g/mol. The van der Waals surface area contributed by atoms with Gasteiger partial charge in [-0.1, -0.05) is 17.7 Å². The van der Waals surface area contributed by atoms with Crippen molar-refractivity contribution < 1.29 is 13.2 Å². The van der Waals surface area contributed by atoms with Gasteiger partial charge in [-0.25, -0.2) is 13.1 Å². The number of hydrogen-bond donors (Lipinski definition) is 1. The van der Waals surface area contributed by atoms with Crippen LogP contribution in [0, 0.1) is 12.8 Å². The molecule has 162 valence electrons. The molecule has 1 aromatic heterocycles. The minimum Gasteiger partial charge on any atom is -0.326 e. The van der Waals surface area contributed by atoms with Crippen LogP contribution in [0.5, 0.6) is 0 Å². The summed E-state index contributed by atoms with van der Waals surface area (Å²) < 4.78 is 28.9. The number of sulfonamides is 1. The fraction of sp³-hybridized carbons (Fsp3) is 0.273. The molecule has 1 aliphatic heterocycles. The Labute approximate surface area is 186 Å². The van der Waals surface area contributed by atoms with E-state index in [0.29, 0.717) is 36.6 Å². The van der Waals surface area contributed by atoms with Crippen molar-refractivity contribution in [2.45, 2.75) is 24.7 Å². The number of benzene rings is 2. The number of halogens is 1. The molecule has 0 saturated carbocycles. The smallest absolute Gasteiger partial charge is 0.243 e. The molecule has 0 unspecified atom stereocenters. The van der Waals surface area contributed by atoms with E-state index in [2.05, 4.69) is 10.4 Å². The molecule has 0 radical (unpaired) electrons. The van der Waals surface area contributed by atoms with Crippen LogP contribution in [0.2, 0.25) is 5.02 Å². The van der Waals surface area contributed by atoms with Gasteiger partial charge in [-0.3, -0.25) is 4.79 Å². The maximum Gasteiger partial charge on any atom is 0.243 e. The zero-order chi connectivity index (χ0) is 22.0. The van der Waals surface area contributed by atoms with Gasteiger partial charge in [0.05, 0.1) is 10.6 Å². The van der Waals surface area contributed by atoms with Crippen molar-refractivity contribution in [1.29, 1.82) is 0 Å². The molecule has 1 aliphatic rings. The highest BCUT2D eigenvalue weighted by Gasteiger charge is 2.32. The highest BCUT2D eigenvalue weighted by Crippen LogP contribution is 2.26. The fourth-order valence-corrected chi connectivity index (χ4v) is 5.31. The van der Waals surface area contributed by atoms with Crippen LogP contribution in [-0.4, -0.2) is 41.5 Å². The summed E-state index contributed by atoms with van der Waals surface area (Å²) in [7, 11) is -3.59. The van der Waals surface area contributed by atoms with Crippen molar-refractivity contribution in [2.75, 3.05) is 18.4 Å². The van der Waals surface area contributed by atoms with Crippen LogP contribution in [0.4, 0.5) is 5.69 Å². The van der Waals surface area contributed by atoms with E-state index in [1.54, 1.807) is 23.0 Å². The Hall–Kier alpha value is -2.68. The quantitative estimate of drug-likeness (QED) is 0.629. The number of hydrogen-bond acceptors (Lipinski definition) is 4. The summed E-state index contributed by atoms with van der Waals surface area (Å²) in [5.74, 6) is -0.343. The van der Waals surface area contributed by atoms with Crippen molar-refractivity contribution in [3.8, 4) is 5.69 Å². The molecule has 4 rings (SSSR count). The van der Waals surface area contributed by atoms with Gasteiger partial charge in [-0.2, -0.15) is 9.40 Å². The van der Waals surface area contributed by atoms with Crippen LogP contribution in [0.3, 0.4) is 0 Å². The number of aryl methyl sites for hydroxylation is 1. The monoisotopic (exact) mass is 458 g/mol. The van der Waals surface area contributed by atoms with E-state index in [1.807, 2.05) is 37.3 Å². The minimum atomic E-state index is -3.59. The van der Waals surface area contributed by atoms with Crippen molar-refractivity contribution in [2.24, 2.45) is 5.92 Å². The van der Waals surface area contributed by atoms with Crippen molar-refractivity contribution >= 4 is 33.2 Å². The van der Waals surface area contributed by atoms with Gasteiger partial charge in [0.2, 0.25) is 15.9 Å². The highest BCUT2D eigenvalue weighted by atomic mass is 35.5. The first kappa shape index (κ1) is 21.5. The van der Waals surface area contributed by atoms with E-state index < -0.39 is 10.0 Å². The Morgan fingerprint density at radius 1 is 1.10 bits per heavy atom. The van der Waals surface area contributed by atoms with E-state index in [0.717, 1.165) is 11.4 Å². The van der Waals surface area contributed by atoms with Crippen LogP contribution in [0.15, 0.2) is 65.7 Å². The summed E-state index contributed by atoms with van der Waals surface area (Å²) in [4.78, 5) is 13.0. The van der Waals surface area contributed by atoms with Crippen LogP contribution in [0.1, 0.15) is 18.5 Å². The van der Waals surface area contributed by atoms with Crippen LogP contribution in [-0.2, 0) is 14.8 Å². The fourth-order valence-electron chi connectivity index (χ4n) is 3.71. The molecule has 9 heteroatoms. The second kappa shape index (κ2) is 8.82. The molecule has 1 fully saturated rings. The zero-order valence-corrected chi connectivity index (χ0v) is 18.6. The predicted octanol–water partition coefficient (Wildman–Crippen LogP) is 3.87. The third-order valence-corrected chi connectivity index (χ3v) is 7.63. The molecule has 1 amide bonds. The maximum atomic E-state index is 12.8. The van der Waals surface area contributed by atoms with Crippen LogP contribution >= 0.6 is 11.6 Å². The van der Waals surface area contributed by atoms with Gasteiger partial charge in [-0.15, -0.1) is 0 Å². The van der Waals surface area contributed by atoms with Crippen molar-refractivity contribution in [3.63, 3.8) is 0 Å². The molecule has 2 heterocycles. The van der Waals surface area contributed by atoms with Gasteiger partial charge in [0.15, 0.2) is 0 Å². The number of amides is 1. The number of piperidine rings is 1. The van der Waals surface area contributed by atoms with Gasteiger partial charge >= 0.3 is 0 Å². The summed E-state index contributed by atoms with van der Waals surface area (Å²) in [6.45, 7) is 2.56. The lowest BCUT2D eigenvalue weighted by atomic mass is 9.97. The molecule has 3 aromatic rings. The molecule has 1 N–H and O–H groups in total. The van der Waals surface area contributed by atoms with Gasteiger partial charge in [-0.05, 0) is 68.3 Å². The van der Waals surface area contributed by atoms with E-state index in [9.17, 15) is 13.2 Å². The molecule has 31 heavy (non-hydrogen) atoms. The summed E-state index contributed by atoms with van der Waals surface area (Å²) in [6.07, 6.45) is 2.67. The molecular weight excluding hydrogens is 436 g/mol. The largest absolute Gasteiger partial charge is 0.326 e. The Morgan fingerprint density at radius 2 is 1.81 bits per heavy atom. The first-order valence-corrected chi connectivity index (χ1v) is 11.8. The molecule has 0 atom stereocenters. The van der Waals surface area contributed by atoms with E-state index >= 15 is 0 Å². The first-order valence-electron chi connectivity index (χ1n) is 10.0. The first-order chi connectivity index (χ1) is 14.8. The molecular formula is C22H23ClN4O3S. The molecule has 0 spiro atoms. The van der Waals surface area contributed by atoms with Gasteiger partial charge in [0, 0.05) is 41.6 Å². The number of anilines is 1. The van der Waals surface area contributed by atoms with Gasteiger partial charge < -0.3 is 5.32 Å². The maximum absolute atomic E-state index is 12.8. The van der Waals surface area contributed by atoms with Crippen LogP contribution < -0.4 is 5.32 Å². The second-order valence-corrected chi connectivity index (χ2v) is 9.93. The minimum absolute atomic E-state index is 0.0992. The predicted molar refractivity (Wildman–Crippen MR) is 120 cm³/mol. The lowest BCUT2D eigenvalue weighted by molar-refractivity contribution is -0.120. The summed E-state index contributed by atoms with van der Waals surface area (Å²) in [6, 6.07) is 15.6. The summed E-state index contributed by atoms with van der Waals surface area (Å²) in [5, 5.41) is 7.74. The van der Waals surface area contributed by atoms with Gasteiger partial charge in [0.25, 0.3) is 0 Å². The number of rotatable bonds is 5. The lowest BCUT2D eigenvalue weighted by Gasteiger charge is -2.30. The number of nitrogens with zero attached hydrogens (tertiary/aromatic N) is 3. The number of nitrogens with one attached hydrogen (secondary N) is 1. The van der Waals surface area contributed by atoms with E-state index in [1.165, 1.54) is 16.4 Å². The summed E-state index contributed by atoms with van der Waals surface area (Å²) in [5.41, 5.74) is 2.55.